The van der Waals surface area contributed by atoms with Crippen molar-refractivity contribution in [1.82, 2.24) is 20.0 Å². The number of rotatable bonds is 6. The molecule has 1 N–H and O–H groups in total. The third-order valence-electron chi connectivity index (χ3n) is 6.68. The number of amides is 1. The summed E-state index contributed by atoms with van der Waals surface area (Å²) in [5.74, 6) is 1.34. The summed E-state index contributed by atoms with van der Waals surface area (Å²) in [6.07, 6.45) is 9.19. The van der Waals surface area contributed by atoms with Gasteiger partial charge in [-0.15, -0.1) is 24.0 Å². The van der Waals surface area contributed by atoms with Gasteiger partial charge in [-0.3, -0.25) is 14.7 Å². The number of halogens is 1. The first kappa shape index (κ1) is 27.0. The van der Waals surface area contributed by atoms with Gasteiger partial charge in [0, 0.05) is 63.8 Å². The molecule has 0 unspecified atom stereocenters. The standard InChI is InChI=1S/C22H41N5O2S.HI/c1-3-23-21(24-19-22(30-2)8-16-29-17-9-22)27-14-12-25(13-15-27)18-20(28)26-10-6-4-5-7-11-26;/h3-19H2,1-2H3,(H,23,24);1H. The van der Waals surface area contributed by atoms with Crippen LogP contribution in [0.15, 0.2) is 4.99 Å². The lowest BCUT2D eigenvalue weighted by Crippen LogP contribution is -2.54. The Morgan fingerprint density at radius 1 is 1.00 bits per heavy atom. The van der Waals surface area contributed by atoms with Gasteiger partial charge in [0.1, 0.15) is 0 Å². The molecule has 3 aliphatic heterocycles. The largest absolute Gasteiger partial charge is 0.381 e. The Morgan fingerprint density at radius 3 is 2.23 bits per heavy atom. The van der Waals surface area contributed by atoms with Crippen molar-refractivity contribution >= 4 is 47.6 Å². The Morgan fingerprint density at radius 2 is 1.65 bits per heavy atom. The van der Waals surface area contributed by atoms with Gasteiger partial charge in [0.25, 0.3) is 0 Å². The minimum Gasteiger partial charge on any atom is -0.381 e. The molecule has 180 valence electrons. The summed E-state index contributed by atoms with van der Waals surface area (Å²) >= 11 is 1.94. The van der Waals surface area contributed by atoms with Gasteiger partial charge in [-0.1, -0.05) is 12.8 Å². The minimum absolute atomic E-state index is 0. The van der Waals surface area contributed by atoms with E-state index in [2.05, 4.69) is 33.2 Å². The fraction of sp³-hybridized carbons (Fsp3) is 0.909. The van der Waals surface area contributed by atoms with E-state index in [1.807, 2.05) is 11.8 Å². The predicted molar refractivity (Wildman–Crippen MR) is 141 cm³/mol. The third kappa shape index (κ3) is 8.23. The van der Waals surface area contributed by atoms with E-state index in [1.165, 1.54) is 12.8 Å². The van der Waals surface area contributed by atoms with Gasteiger partial charge in [-0.25, -0.2) is 0 Å². The molecule has 0 aromatic carbocycles. The number of guanidine groups is 1. The first-order chi connectivity index (χ1) is 14.7. The Labute approximate surface area is 210 Å². The predicted octanol–water partition coefficient (Wildman–Crippen LogP) is 2.50. The molecule has 0 radical (unpaired) electrons. The molecular weight excluding hydrogens is 525 g/mol. The van der Waals surface area contributed by atoms with E-state index >= 15 is 0 Å². The second-order valence-corrected chi connectivity index (χ2v) is 10.0. The molecule has 0 atom stereocenters. The Hall–Kier alpha value is -0.260. The average molecular weight is 568 g/mol. The molecule has 3 fully saturated rings. The molecule has 0 bridgehead atoms. The van der Waals surface area contributed by atoms with Crippen LogP contribution >= 0.6 is 35.7 Å². The molecule has 3 heterocycles. The van der Waals surface area contributed by atoms with Crippen LogP contribution in [-0.2, 0) is 9.53 Å². The van der Waals surface area contributed by atoms with Crippen molar-refractivity contribution in [3.05, 3.63) is 0 Å². The fourth-order valence-corrected chi connectivity index (χ4v) is 5.31. The van der Waals surface area contributed by atoms with Crippen LogP contribution in [0.3, 0.4) is 0 Å². The molecule has 0 aliphatic carbocycles. The molecular formula is C22H42IN5O2S. The van der Waals surface area contributed by atoms with Gasteiger partial charge in [0.2, 0.25) is 5.91 Å². The smallest absolute Gasteiger partial charge is 0.236 e. The lowest BCUT2D eigenvalue weighted by Gasteiger charge is -2.38. The van der Waals surface area contributed by atoms with E-state index in [0.717, 1.165) is 97.2 Å². The van der Waals surface area contributed by atoms with E-state index in [0.29, 0.717) is 12.5 Å². The number of hydrogen-bond acceptors (Lipinski definition) is 5. The summed E-state index contributed by atoms with van der Waals surface area (Å²) in [4.78, 5) is 24.5. The minimum atomic E-state index is 0. The highest BCUT2D eigenvalue weighted by atomic mass is 127. The van der Waals surface area contributed by atoms with E-state index in [9.17, 15) is 4.79 Å². The number of thioether (sulfide) groups is 1. The average Bonchev–Trinajstić information content (AvgIpc) is 3.08. The molecule has 31 heavy (non-hydrogen) atoms. The first-order valence-corrected chi connectivity index (χ1v) is 13.0. The van der Waals surface area contributed by atoms with Gasteiger partial charge in [-0.05, 0) is 38.9 Å². The second kappa shape index (κ2) is 14.1. The van der Waals surface area contributed by atoms with Crippen LogP contribution in [0, 0.1) is 0 Å². The lowest BCUT2D eigenvalue weighted by atomic mass is 9.99. The van der Waals surface area contributed by atoms with Gasteiger partial charge in [0.05, 0.1) is 13.1 Å². The Balaban J connectivity index is 0.00000341. The number of carbonyl (C=O) groups is 1. The zero-order valence-electron chi connectivity index (χ0n) is 19.4. The molecule has 3 rings (SSSR count). The zero-order valence-corrected chi connectivity index (χ0v) is 22.6. The van der Waals surface area contributed by atoms with Crippen LogP contribution in [0.2, 0.25) is 0 Å². The van der Waals surface area contributed by atoms with Gasteiger partial charge >= 0.3 is 0 Å². The quantitative estimate of drug-likeness (QED) is 0.303. The van der Waals surface area contributed by atoms with E-state index in [-0.39, 0.29) is 28.7 Å². The summed E-state index contributed by atoms with van der Waals surface area (Å²) in [5, 5.41) is 3.49. The monoisotopic (exact) mass is 567 g/mol. The van der Waals surface area contributed by atoms with Crippen molar-refractivity contribution in [2.75, 3.05) is 78.4 Å². The molecule has 1 amide bonds. The summed E-state index contributed by atoms with van der Waals surface area (Å²) in [7, 11) is 0. The van der Waals surface area contributed by atoms with Crippen LogP contribution in [0.1, 0.15) is 45.4 Å². The number of nitrogens with zero attached hydrogens (tertiary/aromatic N) is 4. The molecule has 0 aromatic rings. The van der Waals surface area contributed by atoms with Crippen LogP contribution in [0.5, 0.6) is 0 Å². The Bertz CT molecular complexity index is 558. The molecule has 0 saturated carbocycles. The number of aliphatic imine (C=N–C) groups is 1. The fourth-order valence-electron chi connectivity index (χ4n) is 4.54. The summed E-state index contributed by atoms with van der Waals surface area (Å²) < 4.78 is 5.78. The number of piperazine rings is 1. The second-order valence-electron chi connectivity index (χ2n) is 8.73. The maximum atomic E-state index is 12.7. The Kier molecular flexibility index (Phi) is 12.3. The summed E-state index contributed by atoms with van der Waals surface area (Å²) in [6.45, 7) is 11.7. The molecule has 7 nitrogen and oxygen atoms in total. The van der Waals surface area contributed by atoms with Crippen LogP contribution in [0.4, 0.5) is 0 Å². The van der Waals surface area contributed by atoms with Gasteiger partial charge in [0.15, 0.2) is 5.96 Å². The summed E-state index contributed by atoms with van der Waals surface area (Å²) in [5.41, 5.74) is 0. The molecule has 0 spiro atoms. The highest BCUT2D eigenvalue weighted by Gasteiger charge is 2.32. The van der Waals surface area contributed by atoms with Crippen LogP contribution < -0.4 is 5.32 Å². The van der Waals surface area contributed by atoms with Crippen molar-refractivity contribution in [2.24, 2.45) is 4.99 Å². The SMILES string of the molecule is CCNC(=NCC1(SC)CCOCC1)N1CCN(CC(=O)N2CCCCCC2)CC1.I. The highest BCUT2D eigenvalue weighted by molar-refractivity contribution is 14.0. The number of nitrogens with one attached hydrogen (secondary N) is 1. The highest BCUT2D eigenvalue weighted by Crippen LogP contribution is 2.34. The zero-order chi connectivity index (χ0) is 21.2. The van der Waals surface area contributed by atoms with Crippen molar-refractivity contribution in [3.63, 3.8) is 0 Å². The molecule has 0 aromatic heterocycles. The van der Waals surface area contributed by atoms with E-state index in [4.69, 9.17) is 9.73 Å². The van der Waals surface area contributed by atoms with Gasteiger partial charge in [-0.2, -0.15) is 11.8 Å². The van der Waals surface area contributed by atoms with Crippen LogP contribution in [0.25, 0.3) is 0 Å². The summed E-state index contributed by atoms with van der Waals surface area (Å²) in [6, 6.07) is 0. The molecule has 9 heteroatoms. The number of likely N-dealkylation sites (tertiary alicyclic amines) is 1. The van der Waals surface area contributed by atoms with Crippen molar-refractivity contribution in [1.29, 1.82) is 0 Å². The van der Waals surface area contributed by atoms with E-state index in [1.54, 1.807) is 0 Å². The lowest BCUT2D eigenvalue weighted by molar-refractivity contribution is -0.132. The van der Waals surface area contributed by atoms with Crippen molar-refractivity contribution < 1.29 is 9.53 Å². The van der Waals surface area contributed by atoms with E-state index < -0.39 is 0 Å². The number of hydrogen-bond donors (Lipinski definition) is 1. The first-order valence-electron chi connectivity index (χ1n) is 11.8. The maximum absolute atomic E-state index is 12.7. The van der Waals surface area contributed by atoms with Crippen molar-refractivity contribution in [3.8, 4) is 0 Å². The van der Waals surface area contributed by atoms with Gasteiger partial charge < -0.3 is 19.9 Å². The maximum Gasteiger partial charge on any atom is 0.236 e. The molecule has 3 aliphatic rings. The third-order valence-corrected chi connectivity index (χ3v) is 8.08. The number of ether oxygens (including phenoxy) is 1. The van der Waals surface area contributed by atoms with Crippen molar-refractivity contribution in [2.45, 2.75) is 50.2 Å². The normalized spacial score (nSPS) is 23.1. The topological polar surface area (TPSA) is 60.4 Å². The molecule has 3 saturated heterocycles. The van der Waals surface area contributed by atoms with Crippen LogP contribution in [-0.4, -0.2) is 110 Å². The number of carbonyl (C=O) groups excluding carboxylic acids is 1.